The van der Waals surface area contributed by atoms with Crippen LogP contribution in [-0.2, 0) is 14.8 Å². The molecule has 0 fully saturated rings. The van der Waals surface area contributed by atoms with Crippen LogP contribution in [0.4, 0.5) is 8.78 Å². The van der Waals surface area contributed by atoms with Gasteiger partial charge in [0.15, 0.2) is 11.6 Å². The van der Waals surface area contributed by atoms with Gasteiger partial charge in [0.25, 0.3) is 10.0 Å². The van der Waals surface area contributed by atoms with Crippen molar-refractivity contribution in [3.8, 4) is 0 Å². The molecule has 0 spiro atoms. The van der Waals surface area contributed by atoms with Crippen LogP contribution in [0.15, 0.2) is 23.1 Å². The number of carbonyl (C=O) groups excluding carboxylic acids is 1. The SMILES string of the molecule is NCC(=O)NS(=O)(=O)c1ccc(F)c(F)c1. The summed E-state index contributed by atoms with van der Waals surface area (Å²) in [6.07, 6.45) is 0. The average Bonchev–Trinajstić information content (AvgIpc) is 2.21. The van der Waals surface area contributed by atoms with Gasteiger partial charge in [-0.05, 0) is 18.2 Å². The summed E-state index contributed by atoms with van der Waals surface area (Å²) in [4.78, 5) is 10.2. The zero-order valence-electron chi connectivity index (χ0n) is 7.91. The van der Waals surface area contributed by atoms with Crippen LogP contribution < -0.4 is 10.5 Å². The van der Waals surface area contributed by atoms with Crippen molar-refractivity contribution in [1.29, 1.82) is 0 Å². The standard InChI is InChI=1S/C8H8F2N2O3S/c9-6-2-1-5(3-7(6)10)16(14,15)12-8(13)4-11/h1-3H,4,11H2,(H,12,13). The van der Waals surface area contributed by atoms with E-state index in [1.807, 2.05) is 0 Å². The summed E-state index contributed by atoms with van der Waals surface area (Å²) in [6, 6.07) is 1.96. The Morgan fingerprint density at radius 1 is 1.31 bits per heavy atom. The van der Waals surface area contributed by atoms with Crippen molar-refractivity contribution in [2.24, 2.45) is 5.73 Å². The van der Waals surface area contributed by atoms with Gasteiger partial charge in [-0.3, -0.25) is 4.79 Å². The van der Waals surface area contributed by atoms with E-state index in [9.17, 15) is 22.0 Å². The smallest absolute Gasteiger partial charge is 0.264 e. The molecule has 0 aliphatic heterocycles. The number of rotatable bonds is 3. The van der Waals surface area contributed by atoms with E-state index < -0.39 is 39.0 Å². The quantitative estimate of drug-likeness (QED) is 0.772. The minimum atomic E-state index is -4.20. The number of sulfonamides is 1. The lowest BCUT2D eigenvalue weighted by atomic mass is 10.3. The predicted octanol–water partition coefficient (Wildman–Crippen LogP) is -0.272. The molecule has 0 aliphatic carbocycles. The summed E-state index contributed by atoms with van der Waals surface area (Å²) in [7, 11) is -4.20. The zero-order valence-corrected chi connectivity index (χ0v) is 8.72. The summed E-state index contributed by atoms with van der Waals surface area (Å²) >= 11 is 0. The molecule has 0 atom stereocenters. The highest BCUT2D eigenvalue weighted by Crippen LogP contribution is 2.13. The van der Waals surface area contributed by atoms with E-state index in [1.165, 1.54) is 0 Å². The molecule has 1 rings (SSSR count). The second-order valence-electron chi connectivity index (χ2n) is 2.81. The van der Waals surface area contributed by atoms with E-state index in [1.54, 1.807) is 4.72 Å². The van der Waals surface area contributed by atoms with Gasteiger partial charge in [-0.25, -0.2) is 21.9 Å². The molecule has 0 aromatic heterocycles. The summed E-state index contributed by atoms with van der Waals surface area (Å²) in [5, 5.41) is 0. The second kappa shape index (κ2) is 4.54. The van der Waals surface area contributed by atoms with Gasteiger partial charge < -0.3 is 5.73 Å². The third kappa shape index (κ3) is 2.74. The molecule has 1 aromatic rings. The first-order chi connectivity index (χ1) is 7.36. The largest absolute Gasteiger partial charge is 0.322 e. The second-order valence-corrected chi connectivity index (χ2v) is 4.49. The normalized spacial score (nSPS) is 11.2. The molecule has 16 heavy (non-hydrogen) atoms. The average molecular weight is 250 g/mol. The topological polar surface area (TPSA) is 89.3 Å². The number of nitrogens with two attached hydrogens (primary N) is 1. The monoisotopic (exact) mass is 250 g/mol. The third-order valence-electron chi connectivity index (χ3n) is 1.63. The Morgan fingerprint density at radius 2 is 1.94 bits per heavy atom. The summed E-state index contributed by atoms with van der Waals surface area (Å²) in [5.41, 5.74) is 4.90. The molecule has 3 N–H and O–H groups in total. The molecule has 1 amide bonds. The van der Waals surface area contributed by atoms with Crippen LogP contribution in [0.25, 0.3) is 0 Å². The van der Waals surface area contributed by atoms with E-state index in [0.717, 1.165) is 6.07 Å². The summed E-state index contributed by atoms with van der Waals surface area (Å²) in [5.74, 6) is -3.43. The molecule has 88 valence electrons. The Kier molecular flexibility index (Phi) is 3.55. The minimum Gasteiger partial charge on any atom is -0.322 e. The number of benzene rings is 1. The first kappa shape index (κ1) is 12.5. The highest BCUT2D eigenvalue weighted by Gasteiger charge is 2.18. The summed E-state index contributed by atoms with van der Waals surface area (Å²) < 4.78 is 49.7. The fraction of sp³-hybridized carbons (Fsp3) is 0.125. The van der Waals surface area contributed by atoms with Crippen molar-refractivity contribution in [3.63, 3.8) is 0 Å². The van der Waals surface area contributed by atoms with E-state index in [4.69, 9.17) is 5.73 Å². The zero-order chi connectivity index (χ0) is 12.3. The van der Waals surface area contributed by atoms with E-state index in [2.05, 4.69) is 0 Å². The van der Waals surface area contributed by atoms with Crippen LogP contribution in [0.2, 0.25) is 0 Å². The molecule has 0 saturated carbocycles. The Hall–Kier alpha value is -1.54. The summed E-state index contributed by atoms with van der Waals surface area (Å²) in [6.45, 7) is -0.525. The predicted molar refractivity (Wildman–Crippen MR) is 50.7 cm³/mol. The number of amides is 1. The van der Waals surface area contributed by atoms with Crippen LogP contribution in [0.1, 0.15) is 0 Å². The van der Waals surface area contributed by atoms with Gasteiger partial charge in [-0.1, -0.05) is 0 Å². The van der Waals surface area contributed by atoms with E-state index in [-0.39, 0.29) is 0 Å². The Morgan fingerprint density at radius 3 is 2.44 bits per heavy atom. The fourth-order valence-corrected chi connectivity index (χ4v) is 1.90. The Labute approximate surface area is 90.3 Å². The number of halogens is 2. The van der Waals surface area contributed by atoms with Gasteiger partial charge in [0.05, 0.1) is 11.4 Å². The molecule has 8 heteroatoms. The van der Waals surface area contributed by atoms with Crippen LogP contribution in [0, 0.1) is 11.6 Å². The van der Waals surface area contributed by atoms with Gasteiger partial charge in [0.2, 0.25) is 5.91 Å². The molecular weight excluding hydrogens is 242 g/mol. The third-order valence-corrected chi connectivity index (χ3v) is 3.01. The molecule has 0 saturated heterocycles. The molecular formula is C8H8F2N2O3S. The Balaban J connectivity index is 3.08. The number of carbonyl (C=O) groups is 1. The highest BCUT2D eigenvalue weighted by molar-refractivity contribution is 7.90. The van der Waals surface area contributed by atoms with E-state index in [0.29, 0.717) is 12.1 Å². The lowest BCUT2D eigenvalue weighted by molar-refractivity contribution is -0.118. The maximum Gasteiger partial charge on any atom is 0.264 e. The van der Waals surface area contributed by atoms with Crippen LogP contribution >= 0.6 is 0 Å². The van der Waals surface area contributed by atoms with Gasteiger partial charge in [0.1, 0.15) is 0 Å². The number of hydrogen-bond donors (Lipinski definition) is 2. The molecule has 0 radical (unpaired) electrons. The fourth-order valence-electron chi connectivity index (χ4n) is 0.894. The van der Waals surface area contributed by atoms with Crippen LogP contribution in [0.3, 0.4) is 0 Å². The molecule has 0 unspecified atom stereocenters. The van der Waals surface area contributed by atoms with Crippen molar-refractivity contribution >= 4 is 15.9 Å². The molecule has 1 aromatic carbocycles. The Bertz CT molecular complexity index is 516. The maximum atomic E-state index is 12.8. The van der Waals surface area contributed by atoms with Crippen molar-refractivity contribution in [2.75, 3.05) is 6.54 Å². The first-order valence-corrected chi connectivity index (χ1v) is 5.56. The highest BCUT2D eigenvalue weighted by atomic mass is 32.2. The van der Waals surface area contributed by atoms with Crippen molar-refractivity contribution in [3.05, 3.63) is 29.8 Å². The van der Waals surface area contributed by atoms with Crippen molar-refractivity contribution in [2.45, 2.75) is 4.90 Å². The molecule has 5 nitrogen and oxygen atoms in total. The number of nitrogens with one attached hydrogen (secondary N) is 1. The lowest BCUT2D eigenvalue weighted by Gasteiger charge is -2.05. The van der Waals surface area contributed by atoms with E-state index >= 15 is 0 Å². The van der Waals surface area contributed by atoms with Gasteiger partial charge in [-0.2, -0.15) is 0 Å². The van der Waals surface area contributed by atoms with Gasteiger partial charge >= 0.3 is 0 Å². The maximum absolute atomic E-state index is 12.8. The molecule has 0 heterocycles. The van der Waals surface area contributed by atoms with Crippen molar-refractivity contribution < 1.29 is 22.0 Å². The molecule has 0 bridgehead atoms. The number of hydrogen-bond acceptors (Lipinski definition) is 4. The minimum absolute atomic E-state index is 0.474. The molecule has 0 aliphatic rings. The van der Waals surface area contributed by atoms with Gasteiger partial charge in [0, 0.05) is 0 Å². The van der Waals surface area contributed by atoms with Gasteiger partial charge in [-0.15, -0.1) is 0 Å². The lowest BCUT2D eigenvalue weighted by Crippen LogP contribution is -2.35. The van der Waals surface area contributed by atoms with Crippen molar-refractivity contribution in [1.82, 2.24) is 4.72 Å². The first-order valence-electron chi connectivity index (χ1n) is 4.07. The van der Waals surface area contributed by atoms with Crippen LogP contribution in [-0.4, -0.2) is 20.9 Å². The van der Waals surface area contributed by atoms with Crippen LogP contribution in [0.5, 0.6) is 0 Å².